The molecule has 0 atom stereocenters. The zero-order valence-electron chi connectivity index (χ0n) is 20.1. The number of hydrogen-bond acceptors (Lipinski definition) is 10. The summed E-state index contributed by atoms with van der Waals surface area (Å²) in [7, 11) is 0. The van der Waals surface area contributed by atoms with E-state index in [2.05, 4.69) is 0 Å². The number of carbonyl (C=O) groups excluding carboxylic acids is 6. The standard InChI is InChI=1S/3C6H10O3.C4H9O.Ti/c3*1-2-3-5(7)4-6(8)9;1-2-3-4-5;/h3*2-4H2,1H3,(H,8,9);2-4H2,1H3;/q;;;-1;+4/p-3. The number of carboxylic acids is 3. The normalized spacial score (nSPS) is 8.64. The number of hydrogen-bond donors (Lipinski definition) is 0. The molecule has 0 aliphatic carbocycles. The van der Waals surface area contributed by atoms with Gasteiger partial charge in [-0.15, -0.1) is 6.61 Å². The molecule has 0 fully saturated rings. The summed E-state index contributed by atoms with van der Waals surface area (Å²) in [4.78, 5) is 60.6. The Hall–Kier alpha value is -1.91. The predicted molar refractivity (Wildman–Crippen MR) is 108 cm³/mol. The summed E-state index contributed by atoms with van der Waals surface area (Å²) in [6.07, 6.45) is 3.68. The minimum Gasteiger partial charge on any atom is -0.854 e. The van der Waals surface area contributed by atoms with Crippen molar-refractivity contribution in [2.75, 3.05) is 6.61 Å². The number of Topliss-reactive ketones (excluding diaryl/α,β-unsaturated/α-hetero) is 3. The third-order valence-electron chi connectivity index (χ3n) is 3.11. The fourth-order valence-electron chi connectivity index (χ4n) is 1.73. The van der Waals surface area contributed by atoms with Crippen LogP contribution < -0.4 is 20.4 Å². The summed E-state index contributed by atoms with van der Waals surface area (Å²) in [5.74, 6) is -4.61. The first kappa shape index (κ1) is 41.4. The van der Waals surface area contributed by atoms with E-state index in [0.29, 0.717) is 38.5 Å². The molecule has 11 heteroatoms. The molecule has 0 bridgehead atoms. The van der Waals surface area contributed by atoms with Crippen LogP contribution in [0.4, 0.5) is 0 Å². The van der Waals surface area contributed by atoms with E-state index >= 15 is 0 Å². The fourth-order valence-corrected chi connectivity index (χ4v) is 1.73. The molecule has 0 rings (SSSR count). The number of carbonyl (C=O) groups is 6. The van der Waals surface area contributed by atoms with Crippen molar-refractivity contribution < 1.29 is 70.9 Å². The second-order valence-electron chi connectivity index (χ2n) is 6.57. The zero-order valence-corrected chi connectivity index (χ0v) is 21.6. The fraction of sp³-hybridized carbons (Fsp3) is 0.727. The molecule has 0 aromatic carbocycles. The van der Waals surface area contributed by atoms with Gasteiger partial charge in [-0.05, 0) is 19.3 Å². The maximum atomic E-state index is 10.4. The van der Waals surface area contributed by atoms with E-state index in [-0.39, 0.29) is 45.7 Å². The number of unbranched alkanes of at least 4 members (excludes halogenated alkanes) is 1. The third-order valence-corrected chi connectivity index (χ3v) is 3.11. The van der Waals surface area contributed by atoms with Gasteiger partial charge in [0, 0.05) is 56.4 Å². The van der Waals surface area contributed by atoms with E-state index in [0.717, 1.165) is 12.8 Å². The molecule has 0 N–H and O–H groups in total. The molecule has 0 radical (unpaired) electrons. The van der Waals surface area contributed by atoms with E-state index in [4.69, 9.17) is 0 Å². The quantitative estimate of drug-likeness (QED) is 0.199. The van der Waals surface area contributed by atoms with E-state index in [1.165, 1.54) is 0 Å². The Kier molecular flexibility index (Phi) is 40.4. The molecule has 0 aromatic rings. The van der Waals surface area contributed by atoms with Gasteiger partial charge < -0.3 is 34.8 Å². The van der Waals surface area contributed by atoms with Gasteiger partial charge in [0.05, 0.1) is 0 Å². The van der Waals surface area contributed by atoms with Crippen LogP contribution in [0.2, 0.25) is 0 Å². The van der Waals surface area contributed by atoms with Crippen molar-refractivity contribution in [3.05, 3.63) is 0 Å². The summed E-state index contributed by atoms with van der Waals surface area (Å²) in [5.41, 5.74) is 0. The van der Waals surface area contributed by atoms with E-state index < -0.39 is 37.2 Å². The van der Waals surface area contributed by atoms with Crippen LogP contribution in [0.15, 0.2) is 0 Å². The van der Waals surface area contributed by atoms with Crippen molar-refractivity contribution >= 4 is 35.3 Å². The van der Waals surface area contributed by atoms with Gasteiger partial charge in [-0.3, -0.25) is 14.4 Å². The first-order valence-electron chi connectivity index (χ1n) is 10.6. The van der Waals surface area contributed by atoms with Gasteiger partial charge in [0.2, 0.25) is 0 Å². The Morgan fingerprint density at radius 3 is 0.848 bits per heavy atom. The van der Waals surface area contributed by atoms with Crippen LogP contribution >= 0.6 is 0 Å². The van der Waals surface area contributed by atoms with Gasteiger partial charge in [0.15, 0.2) is 0 Å². The minimum absolute atomic E-state index is 0. The zero-order chi connectivity index (χ0) is 25.9. The van der Waals surface area contributed by atoms with Crippen LogP contribution in [0.25, 0.3) is 0 Å². The second kappa shape index (κ2) is 32.3. The molecule has 0 saturated heterocycles. The molecule has 188 valence electrons. The van der Waals surface area contributed by atoms with Gasteiger partial charge in [0.1, 0.15) is 17.3 Å². The SMILES string of the molecule is CCCC(=O)CC(=O)[O-].CCCC(=O)CC(=O)[O-].CCCC(=O)CC(=O)[O-].CCCC[O-].[Ti+4]. The Morgan fingerprint density at radius 1 is 0.515 bits per heavy atom. The molecule has 0 saturated carbocycles. The van der Waals surface area contributed by atoms with Gasteiger partial charge in [0.25, 0.3) is 0 Å². The van der Waals surface area contributed by atoms with E-state index in [1.807, 2.05) is 27.7 Å². The molecule has 0 unspecified atom stereocenters. The number of aliphatic carboxylic acids is 3. The van der Waals surface area contributed by atoms with Gasteiger partial charge in [-0.1, -0.05) is 40.5 Å². The number of rotatable bonds is 14. The summed E-state index contributed by atoms with van der Waals surface area (Å²) in [5, 5.41) is 38.8. The largest absolute Gasteiger partial charge is 4.00 e. The van der Waals surface area contributed by atoms with E-state index in [1.54, 1.807) is 0 Å². The summed E-state index contributed by atoms with van der Waals surface area (Å²) in [6.45, 7) is 7.59. The molecule has 0 heterocycles. The predicted octanol–water partition coefficient (Wildman–Crippen LogP) is -1.37. The first-order chi connectivity index (χ1) is 14.9. The molecule has 0 amide bonds. The van der Waals surface area contributed by atoms with Crippen LogP contribution in [0.1, 0.15) is 98.3 Å². The van der Waals surface area contributed by atoms with Crippen molar-refractivity contribution in [3.8, 4) is 0 Å². The summed E-state index contributed by atoms with van der Waals surface area (Å²) < 4.78 is 0. The maximum absolute atomic E-state index is 10.4. The third kappa shape index (κ3) is 53.4. The number of carboxylic acid groups (broad SMARTS) is 3. The topological polar surface area (TPSA) is 195 Å². The summed E-state index contributed by atoms with van der Waals surface area (Å²) in [6, 6.07) is 0. The van der Waals surface area contributed by atoms with Crippen LogP contribution in [0.3, 0.4) is 0 Å². The maximum Gasteiger partial charge on any atom is 4.00 e. The Balaban J connectivity index is -0.000000107. The molecular formula is C22H36O10Ti. The van der Waals surface area contributed by atoms with E-state index in [9.17, 15) is 49.2 Å². The average molecular weight is 508 g/mol. The van der Waals surface area contributed by atoms with Crippen molar-refractivity contribution in [1.82, 2.24) is 0 Å². The van der Waals surface area contributed by atoms with Gasteiger partial charge in [-0.25, -0.2) is 0 Å². The molecule has 0 aliphatic heterocycles. The van der Waals surface area contributed by atoms with Crippen molar-refractivity contribution in [2.24, 2.45) is 0 Å². The van der Waals surface area contributed by atoms with Crippen LogP contribution in [-0.4, -0.2) is 41.9 Å². The van der Waals surface area contributed by atoms with Gasteiger partial charge >= 0.3 is 21.7 Å². The molecule has 0 aliphatic rings. The average Bonchev–Trinajstić information content (AvgIpc) is 2.62. The molecule has 33 heavy (non-hydrogen) atoms. The minimum atomic E-state index is -1.28. The van der Waals surface area contributed by atoms with Crippen LogP contribution in [0, 0.1) is 0 Å². The molecule has 0 aromatic heterocycles. The second-order valence-corrected chi connectivity index (χ2v) is 6.57. The monoisotopic (exact) mass is 508 g/mol. The summed E-state index contributed by atoms with van der Waals surface area (Å²) >= 11 is 0. The molecule has 0 spiro atoms. The van der Waals surface area contributed by atoms with Crippen LogP contribution in [0.5, 0.6) is 0 Å². The first-order valence-corrected chi connectivity index (χ1v) is 10.6. The van der Waals surface area contributed by atoms with Crippen molar-refractivity contribution in [2.45, 2.75) is 98.3 Å². The number of ketones is 3. The smallest absolute Gasteiger partial charge is 0.854 e. The molecule has 10 nitrogen and oxygen atoms in total. The Morgan fingerprint density at radius 2 is 0.758 bits per heavy atom. The molecular weight excluding hydrogens is 472 g/mol. The van der Waals surface area contributed by atoms with Crippen molar-refractivity contribution in [3.63, 3.8) is 0 Å². The Bertz CT molecular complexity index is 474. The van der Waals surface area contributed by atoms with Crippen molar-refractivity contribution in [1.29, 1.82) is 0 Å². The van der Waals surface area contributed by atoms with Crippen LogP contribution in [-0.2, 0) is 50.5 Å². The Labute approximate surface area is 211 Å². The van der Waals surface area contributed by atoms with Gasteiger partial charge in [-0.2, -0.15) is 0 Å².